The minimum absolute atomic E-state index is 0.0191. The molecule has 1 atom stereocenters. The summed E-state index contributed by atoms with van der Waals surface area (Å²) in [5.41, 5.74) is 2.52. The second kappa shape index (κ2) is 7.44. The third-order valence-electron chi connectivity index (χ3n) is 3.32. The fraction of sp³-hybridized carbons (Fsp3) is 0.235. The molecular formula is C17H18N2O2. The molecule has 21 heavy (non-hydrogen) atoms. The van der Waals surface area contributed by atoms with Crippen LogP contribution >= 0.6 is 0 Å². The lowest BCUT2D eigenvalue weighted by Crippen LogP contribution is -2.23. The van der Waals surface area contributed by atoms with Crippen LogP contribution in [0.1, 0.15) is 22.7 Å². The van der Waals surface area contributed by atoms with E-state index in [4.69, 9.17) is 10.00 Å². The van der Waals surface area contributed by atoms with Crippen molar-refractivity contribution in [2.24, 2.45) is 0 Å². The number of aliphatic hydroxyl groups is 1. The van der Waals surface area contributed by atoms with Gasteiger partial charge in [0.15, 0.2) is 0 Å². The van der Waals surface area contributed by atoms with Crippen molar-refractivity contribution in [2.75, 3.05) is 13.7 Å². The van der Waals surface area contributed by atoms with Crippen LogP contribution in [0.3, 0.4) is 0 Å². The molecule has 0 amide bonds. The fourth-order valence-corrected chi connectivity index (χ4v) is 2.17. The number of hydrogen-bond donors (Lipinski definition) is 2. The van der Waals surface area contributed by atoms with Crippen LogP contribution in [0.25, 0.3) is 0 Å². The maximum Gasteiger partial charge on any atom is 0.136 e. The van der Waals surface area contributed by atoms with Crippen LogP contribution in [0, 0.1) is 11.3 Å². The number of rotatable bonds is 6. The second-order valence-corrected chi connectivity index (χ2v) is 4.67. The average molecular weight is 282 g/mol. The molecule has 0 aliphatic carbocycles. The van der Waals surface area contributed by atoms with Crippen molar-refractivity contribution in [3.8, 4) is 11.8 Å². The normalized spacial score (nSPS) is 11.7. The largest absolute Gasteiger partial charge is 0.495 e. The molecular weight excluding hydrogens is 264 g/mol. The first-order chi connectivity index (χ1) is 10.3. The van der Waals surface area contributed by atoms with Crippen molar-refractivity contribution in [3.05, 3.63) is 65.2 Å². The van der Waals surface area contributed by atoms with E-state index in [9.17, 15) is 5.11 Å². The van der Waals surface area contributed by atoms with Gasteiger partial charge in [-0.25, -0.2) is 0 Å². The van der Waals surface area contributed by atoms with E-state index in [0.29, 0.717) is 17.9 Å². The van der Waals surface area contributed by atoms with Gasteiger partial charge in [0.05, 0.1) is 25.3 Å². The maximum absolute atomic E-state index is 9.51. The highest BCUT2D eigenvalue weighted by atomic mass is 16.5. The summed E-state index contributed by atoms with van der Waals surface area (Å²) in [6.07, 6.45) is 0. The highest BCUT2D eigenvalue weighted by molar-refractivity contribution is 5.45. The highest BCUT2D eigenvalue weighted by Gasteiger charge is 2.10. The minimum atomic E-state index is -0.126. The van der Waals surface area contributed by atoms with Gasteiger partial charge in [-0.1, -0.05) is 36.4 Å². The molecule has 2 N–H and O–H groups in total. The summed E-state index contributed by atoms with van der Waals surface area (Å²) < 4.78 is 5.12. The number of nitrogens with zero attached hydrogens (tertiary/aromatic N) is 1. The topological polar surface area (TPSA) is 65.3 Å². The third-order valence-corrected chi connectivity index (χ3v) is 3.32. The summed E-state index contributed by atoms with van der Waals surface area (Å²) in [6, 6.07) is 17.3. The van der Waals surface area contributed by atoms with Crippen LogP contribution in [-0.4, -0.2) is 18.8 Å². The molecule has 0 saturated carbocycles. The van der Waals surface area contributed by atoms with E-state index in [0.717, 1.165) is 11.1 Å². The van der Waals surface area contributed by atoms with Gasteiger partial charge in [0.1, 0.15) is 11.8 Å². The van der Waals surface area contributed by atoms with Crippen molar-refractivity contribution in [2.45, 2.75) is 12.6 Å². The van der Waals surface area contributed by atoms with Crippen LogP contribution < -0.4 is 10.1 Å². The number of aliphatic hydroxyl groups excluding tert-OH is 1. The van der Waals surface area contributed by atoms with Crippen LogP contribution in [0.4, 0.5) is 0 Å². The van der Waals surface area contributed by atoms with Crippen LogP contribution in [0.5, 0.6) is 5.75 Å². The summed E-state index contributed by atoms with van der Waals surface area (Å²) in [4.78, 5) is 0. The quantitative estimate of drug-likeness (QED) is 0.854. The monoisotopic (exact) mass is 282 g/mol. The molecule has 0 spiro atoms. The van der Waals surface area contributed by atoms with Crippen molar-refractivity contribution >= 4 is 0 Å². The standard InChI is InChI=1S/C17H18N2O2/c1-21-17-8-7-13(9-15(17)10-18)11-19-16(12-20)14-5-3-2-4-6-14/h2-9,16,19-20H,11-12H2,1H3/t16-/m1/s1. The summed E-state index contributed by atoms with van der Waals surface area (Å²) >= 11 is 0. The molecule has 108 valence electrons. The lowest BCUT2D eigenvalue weighted by atomic mass is 10.1. The molecule has 0 bridgehead atoms. The van der Waals surface area contributed by atoms with Gasteiger partial charge in [-0.3, -0.25) is 0 Å². The Bertz CT molecular complexity index is 620. The van der Waals surface area contributed by atoms with Gasteiger partial charge >= 0.3 is 0 Å². The molecule has 4 heteroatoms. The molecule has 0 fully saturated rings. The van der Waals surface area contributed by atoms with E-state index in [1.165, 1.54) is 0 Å². The second-order valence-electron chi connectivity index (χ2n) is 4.67. The molecule has 0 aromatic heterocycles. The van der Waals surface area contributed by atoms with Gasteiger partial charge in [0, 0.05) is 6.54 Å². The Morgan fingerprint density at radius 2 is 2.00 bits per heavy atom. The van der Waals surface area contributed by atoms with Crippen LogP contribution in [0.2, 0.25) is 0 Å². The molecule has 0 radical (unpaired) electrons. The minimum Gasteiger partial charge on any atom is -0.495 e. The Hall–Kier alpha value is -2.35. The van der Waals surface area contributed by atoms with E-state index in [1.54, 1.807) is 19.2 Å². The first-order valence-corrected chi connectivity index (χ1v) is 6.74. The Balaban J connectivity index is 2.07. The predicted octanol–water partition coefficient (Wildman–Crippen LogP) is 2.39. The molecule has 2 rings (SSSR count). The van der Waals surface area contributed by atoms with E-state index < -0.39 is 0 Å². The molecule has 0 aliphatic rings. The lowest BCUT2D eigenvalue weighted by molar-refractivity contribution is 0.243. The molecule has 2 aromatic rings. The summed E-state index contributed by atoms with van der Waals surface area (Å²) in [6.45, 7) is 0.587. The van der Waals surface area contributed by atoms with Gasteiger partial charge in [-0.15, -0.1) is 0 Å². The van der Waals surface area contributed by atoms with Gasteiger partial charge in [0.2, 0.25) is 0 Å². The number of hydrogen-bond acceptors (Lipinski definition) is 4. The number of nitriles is 1. The summed E-state index contributed by atoms with van der Waals surface area (Å²) in [5.74, 6) is 0.572. The smallest absolute Gasteiger partial charge is 0.136 e. The van der Waals surface area contributed by atoms with Gasteiger partial charge in [0.25, 0.3) is 0 Å². The Morgan fingerprint density at radius 3 is 2.62 bits per heavy atom. The van der Waals surface area contributed by atoms with E-state index >= 15 is 0 Å². The maximum atomic E-state index is 9.51. The zero-order chi connectivity index (χ0) is 15.1. The van der Waals surface area contributed by atoms with E-state index in [-0.39, 0.29) is 12.6 Å². The first-order valence-electron chi connectivity index (χ1n) is 6.74. The molecule has 0 unspecified atom stereocenters. The molecule has 0 heterocycles. The lowest BCUT2D eigenvalue weighted by Gasteiger charge is -2.17. The van der Waals surface area contributed by atoms with E-state index in [1.807, 2.05) is 36.4 Å². The fourth-order valence-electron chi connectivity index (χ4n) is 2.17. The van der Waals surface area contributed by atoms with Gasteiger partial charge < -0.3 is 15.2 Å². The van der Waals surface area contributed by atoms with Crippen LogP contribution in [0.15, 0.2) is 48.5 Å². The Kier molecular flexibility index (Phi) is 5.33. The first kappa shape index (κ1) is 15.0. The summed E-state index contributed by atoms with van der Waals surface area (Å²) in [7, 11) is 1.55. The number of methoxy groups -OCH3 is 1. The summed E-state index contributed by atoms with van der Waals surface area (Å²) in [5, 5.41) is 21.9. The zero-order valence-corrected chi connectivity index (χ0v) is 11.9. The number of nitrogens with one attached hydrogen (secondary N) is 1. The molecule has 4 nitrogen and oxygen atoms in total. The SMILES string of the molecule is COc1ccc(CN[C@H](CO)c2ccccc2)cc1C#N. The van der Waals surface area contributed by atoms with Gasteiger partial charge in [-0.05, 0) is 23.3 Å². The van der Waals surface area contributed by atoms with Crippen molar-refractivity contribution in [1.82, 2.24) is 5.32 Å². The van der Waals surface area contributed by atoms with E-state index in [2.05, 4.69) is 11.4 Å². The third kappa shape index (κ3) is 3.82. The highest BCUT2D eigenvalue weighted by Crippen LogP contribution is 2.19. The van der Waals surface area contributed by atoms with Crippen molar-refractivity contribution in [3.63, 3.8) is 0 Å². The molecule has 0 aliphatic heterocycles. The Morgan fingerprint density at radius 1 is 1.24 bits per heavy atom. The molecule has 2 aromatic carbocycles. The Labute approximate surface area is 124 Å². The van der Waals surface area contributed by atoms with Gasteiger partial charge in [-0.2, -0.15) is 5.26 Å². The number of benzene rings is 2. The van der Waals surface area contributed by atoms with Crippen molar-refractivity contribution < 1.29 is 9.84 Å². The zero-order valence-electron chi connectivity index (χ0n) is 11.9. The van der Waals surface area contributed by atoms with Crippen LogP contribution in [-0.2, 0) is 6.54 Å². The van der Waals surface area contributed by atoms with Crippen molar-refractivity contribution in [1.29, 1.82) is 5.26 Å². The molecule has 0 saturated heterocycles. The average Bonchev–Trinajstić information content (AvgIpc) is 2.56. The predicted molar refractivity (Wildman–Crippen MR) is 80.8 cm³/mol. The number of ether oxygens (including phenoxy) is 1.